The van der Waals surface area contributed by atoms with E-state index >= 15 is 0 Å². The van der Waals surface area contributed by atoms with Crippen LogP contribution in [0, 0.1) is 21.4 Å². The number of ether oxygens (including phenoxy) is 2. The van der Waals surface area contributed by atoms with Crippen molar-refractivity contribution < 1.29 is 14.4 Å². The zero-order valence-corrected chi connectivity index (χ0v) is 14.2. The smallest absolute Gasteiger partial charge is 0.293 e. The number of piperidine rings is 1. The fourth-order valence-electron chi connectivity index (χ4n) is 3.45. The van der Waals surface area contributed by atoms with Crippen LogP contribution in [0.3, 0.4) is 0 Å². The first kappa shape index (κ1) is 17.6. The Bertz CT molecular complexity index is 644. The third-order valence-corrected chi connectivity index (χ3v) is 4.88. The van der Waals surface area contributed by atoms with Crippen LogP contribution in [0.5, 0.6) is 0 Å². The van der Waals surface area contributed by atoms with Crippen LogP contribution in [0.2, 0.25) is 0 Å². The van der Waals surface area contributed by atoms with Gasteiger partial charge in [0.2, 0.25) is 0 Å². The third-order valence-electron chi connectivity index (χ3n) is 4.88. The van der Waals surface area contributed by atoms with E-state index in [-0.39, 0.29) is 17.9 Å². The maximum Gasteiger partial charge on any atom is 0.293 e. The topological polar surface area (TPSA) is 88.6 Å². The molecular formula is C18H23N3O4. The number of nitro groups is 1. The Hall–Kier alpha value is -2.17. The van der Waals surface area contributed by atoms with Crippen LogP contribution in [0.25, 0.3) is 0 Å². The lowest BCUT2D eigenvalue weighted by molar-refractivity contribution is -0.384. The predicted octanol–water partition coefficient (Wildman–Crippen LogP) is 3.02. The molecule has 0 radical (unpaired) electrons. The normalized spacial score (nSPS) is 21.7. The van der Waals surface area contributed by atoms with E-state index in [0.717, 1.165) is 32.3 Å². The van der Waals surface area contributed by atoms with Crippen molar-refractivity contribution in [1.29, 1.82) is 5.26 Å². The van der Waals surface area contributed by atoms with E-state index in [1.165, 1.54) is 12.5 Å². The molecule has 2 heterocycles. The quantitative estimate of drug-likeness (QED) is 0.602. The minimum atomic E-state index is -0.417. The fraction of sp³-hybridized carbons (Fsp3) is 0.611. The summed E-state index contributed by atoms with van der Waals surface area (Å²) in [6.45, 7) is 2.89. The molecule has 25 heavy (non-hydrogen) atoms. The van der Waals surface area contributed by atoms with Gasteiger partial charge in [-0.3, -0.25) is 10.1 Å². The SMILES string of the molecule is N#Cc1ccc(N2CCC(OC[C@H]3CCCCO3)CC2)c([N+](=O)[O-])c1. The lowest BCUT2D eigenvalue weighted by Crippen LogP contribution is -2.38. The van der Waals surface area contributed by atoms with Crippen molar-refractivity contribution in [2.75, 3.05) is 31.2 Å². The number of rotatable bonds is 5. The van der Waals surface area contributed by atoms with Gasteiger partial charge in [0, 0.05) is 25.8 Å². The summed E-state index contributed by atoms with van der Waals surface area (Å²) in [6.07, 6.45) is 5.47. The van der Waals surface area contributed by atoms with Crippen molar-refractivity contribution in [2.24, 2.45) is 0 Å². The number of nitrogens with zero attached hydrogens (tertiary/aromatic N) is 3. The van der Waals surface area contributed by atoms with E-state index in [1.54, 1.807) is 12.1 Å². The average Bonchev–Trinajstić information content (AvgIpc) is 2.67. The number of hydrogen-bond donors (Lipinski definition) is 0. The summed E-state index contributed by atoms with van der Waals surface area (Å²) in [5, 5.41) is 20.2. The summed E-state index contributed by atoms with van der Waals surface area (Å²) >= 11 is 0. The molecule has 134 valence electrons. The van der Waals surface area contributed by atoms with E-state index < -0.39 is 4.92 Å². The van der Waals surface area contributed by atoms with Gasteiger partial charge in [-0.25, -0.2) is 0 Å². The van der Waals surface area contributed by atoms with Gasteiger partial charge in [-0.2, -0.15) is 5.26 Å². The van der Waals surface area contributed by atoms with Gasteiger partial charge in [-0.05, 0) is 44.2 Å². The molecule has 0 saturated carbocycles. The molecule has 0 unspecified atom stereocenters. The van der Waals surface area contributed by atoms with E-state index in [9.17, 15) is 10.1 Å². The molecular weight excluding hydrogens is 322 g/mol. The first-order valence-electron chi connectivity index (χ1n) is 8.84. The van der Waals surface area contributed by atoms with Crippen LogP contribution < -0.4 is 4.90 Å². The first-order chi connectivity index (χ1) is 12.2. The lowest BCUT2D eigenvalue weighted by Gasteiger charge is -2.34. The lowest BCUT2D eigenvalue weighted by atomic mass is 10.1. The van der Waals surface area contributed by atoms with Crippen molar-refractivity contribution in [2.45, 2.75) is 44.3 Å². The second-order valence-corrected chi connectivity index (χ2v) is 6.58. The molecule has 7 nitrogen and oxygen atoms in total. The monoisotopic (exact) mass is 345 g/mol. The van der Waals surface area contributed by atoms with Gasteiger partial charge in [-0.15, -0.1) is 0 Å². The highest BCUT2D eigenvalue weighted by Crippen LogP contribution is 2.31. The molecule has 0 aliphatic carbocycles. The second-order valence-electron chi connectivity index (χ2n) is 6.58. The molecule has 1 atom stereocenters. The van der Waals surface area contributed by atoms with Gasteiger partial charge in [-0.1, -0.05) is 0 Å². The minimum Gasteiger partial charge on any atom is -0.376 e. The molecule has 7 heteroatoms. The van der Waals surface area contributed by atoms with Crippen molar-refractivity contribution in [3.8, 4) is 6.07 Å². The summed E-state index contributed by atoms with van der Waals surface area (Å²) in [6, 6.07) is 6.60. The molecule has 1 aromatic carbocycles. The summed E-state index contributed by atoms with van der Waals surface area (Å²) in [5.74, 6) is 0. The molecule has 0 aromatic heterocycles. The van der Waals surface area contributed by atoms with Gasteiger partial charge in [0.05, 0.1) is 35.4 Å². The zero-order valence-electron chi connectivity index (χ0n) is 14.2. The Balaban J connectivity index is 1.55. The Morgan fingerprint density at radius 1 is 1.32 bits per heavy atom. The highest BCUT2D eigenvalue weighted by Gasteiger charge is 2.26. The number of nitro benzene ring substituents is 1. The van der Waals surface area contributed by atoms with E-state index in [2.05, 4.69) is 0 Å². The van der Waals surface area contributed by atoms with Crippen molar-refractivity contribution in [3.63, 3.8) is 0 Å². The number of nitriles is 1. The van der Waals surface area contributed by atoms with E-state index in [0.29, 0.717) is 30.9 Å². The van der Waals surface area contributed by atoms with Gasteiger partial charge in [0.25, 0.3) is 5.69 Å². The fourth-order valence-corrected chi connectivity index (χ4v) is 3.45. The van der Waals surface area contributed by atoms with Gasteiger partial charge in [0.15, 0.2) is 0 Å². The van der Waals surface area contributed by atoms with Gasteiger partial charge < -0.3 is 14.4 Å². The maximum absolute atomic E-state index is 11.3. The number of benzene rings is 1. The zero-order chi connectivity index (χ0) is 17.6. The van der Waals surface area contributed by atoms with Crippen LogP contribution >= 0.6 is 0 Å². The molecule has 3 rings (SSSR count). The van der Waals surface area contributed by atoms with Crippen molar-refractivity contribution in [1.82, 2.24) is 0 Å². The maximum atomic E-state index is 11.3. The van der Waals surface area contributed by atoms with E-state index in [1.807, 2.05) is 11.0 Å². The van der Waals surface area contributed by atoms with Crippen molar-refractivity contribution >= 4 is 11.4 Å². The molecule has 1 aromatic rings. The molecule has 2 saturated heterocycles. The molecule has 2 aliphatic rings. The van der Waals surface area contributed by atoms with Gasteiger partial charge in [0.1, 0.15) is 5.69 Å². The average molecular weight is 345 g/mol. The highest BCUT2D eigenvalue weighted by molar-refractivity contribution is 5.65. The number of hydrogen-bond acceptors (Lipinski definition) is 6. The van der Waals surface area contributed by atoms with Crippen LogP contribution in [0.15, 0.2) is 18.2 Å². The minimum absolute atomic E-state index is 0.00553. The Kier molecular flexibility index (Phi) is 5.84. The molecule has 0 N–H and O–H groups in total. The van der Waals surface area contributed by atoms with Crippen LogP contribution in [0.4, 0.5) is 11.4 Å². The molecule has 0 bridgehead atoms. The molecule has 0 amide bonds. The van der Waals surface area contributed by atoms with Crippen molar-refractivity contribution in [3.05, 3.63) is 33.9 Å². The Morgan fingerprint density at radius 3 is 2.76 bits per heavy atom. The second kappa shape index (κ2) is 8.28. The van der Waals surface area contributed by atoms with Crippen LogP contribution in [-0.4, -0.2) is 43.4 Å². The third kappa shape index (κ3) is 4.47. The Morgan fingerprint density at radius 2 is 2.12 bits per heavy atom. The van der Waals surface area contributed by atoms with E-state index in [4.69, 9.17) is 14.7 Å². The standard InChI is InChI=1S/C18H23N3O4/c19-12-14-4-5-17(18(11-14)21(22)23)20-8-6-15(7-9-20)25-13-16-3-1-2-10-24-16/h4-5,11,15-16H,1-3,6-10,13H2/t16-/m1/s1. The first-order valence-corrected chi connectivity index (χ1v) is 8.84. The predicted molar refractivity (Wildman–Crippen MR) is 92.6 cm³/mol. The molecule has 0 spiro atoms. The molecule has 2 fully saturated rings. The Labute approximate surface area is 147 Å². The summed E-state index contributed by atoms with van der Waals surface area (Å²) in [4.78, 5) is 12.9. The largest absolute Gasteiger partial charge is 0.376 e. The van der Waals surface area contributed by atoms with Crippen LogP contribution in [0.1, 0.15) is 37.7 Å². The van der Waals surface area contributed by atoms with Gasteiger partial charge >= 0.3 is 0 Å². The summed E-state index contributed by atoms with van der Waals surface area (Å²) in [7, 11) is 0. The summed E-state index contributed by atoms with van der Waals surface area (Å²) < 4.78 is 11.7. The molecule has 2 aliphatic heterocycles. The van der Waals surface area contributed by atoms with Crippen LogP contribution in [-0.2, 0) is 9.47 Å². The summed E-state index contributed by atoms with van der Waals surface area (Å²) in [5.41, 5.74) is 0.883. The highest BCUT2D eigenvalue weighted by atomic mass is 16.6. The number of anilines is 1.